The number of nitrogens with one attached hydrogen (secondary N) is 1. The number of carbonyl (C=O) groups is 2. The summed E-state index contributed by atoms with van der Waals surface area (Å²) in [5.41, 5.74) is -0.462. The maximum atomic E-state index is 12.5. The molecule has 0 saturated carbocycles. The Morgan fingerprint density at radius 2 is 2.27 bits per heavy atom. The van der Waals surface area contributed by atoms with Crippen molar-refractivity contribution in [1.82, 2.24) is 20.4 Å². The fourth-order valence-electron chi connectivity index (χ4n) is 3.43. The monoisotopic (exact) mass is 360 g/mol. The average Bonchev–Trinajstić information content (AvgIpc) is 3.34. The molecule has 4 rings (SSSR count). The van der Waals surface area contributed by atoms with Gasteiger partial charge in [0.1, 0.15) is 5.60 Å². The number of aromatic nitrogens is 2. The minimum absolute atomic E-state index is 0.0390. The first-order valence-corrected chi connectivity index (χ1v) is 8.75. The van der Waals surface area contributed by atoms with Gasteiger partial charge >= 0.3 is 6.09 Å². The van der Waals surface area contributed by atoms with E-state index in [9.17, 15) is 9.59 Å². The number of likely N-dealkylation sites (tertiary alicyclic amines) is 1. The van der Waals surface area contributed by atoms with Gasteiger partial charge in [-0.1, -0.05) is 5.16 Å². The van der Waals surface area contributed by atoms with Crippen molar-refractivity contribution >= 4 is 12.0 Å². The van der Waals surface area contributed by atoms with E-state index < -0.39 is 5.60 Å². The van der Waals surface area contributed by atoms with Gasteiger partial charge in [-0.05, 0) is 25.0 Å². The Hall–Kier alpha value is -2.84. The number of nitrogens with zero attached hydrogens (tertiary/aromatic N) is 3. The number of alkyl carbamates (subject to hydrolysis) is 1. The fraction of sp³-hybridized carbons (Fsp3) is 0.529. The summed E-state index contributed by atoms with van der Waals surface area (Å²) in [7, 11) is 0. The molecule has 0 aliphatic carbocycles. The SMILES string of the molecule is O=C1NCC2(CCCN(C(=O)CCc3nc(-c4ccco4)no3)CC2)O1. The highest BCUT2D eigenvalue weighted by Crippen LogP contribution is 2.29. The summed E-state index contributed by atoms with van der Waals surface area (Å²) in [6, 6.07) is 3.50. The lowest BCUT2D eigenvalue weighted by Gasteiger charge is -2.24. The molecule has 9 nitrogen and oxygen atoms in total. The largest absolute Gasteiger partial charge is 0.461 e. The van der Waals surface area contributed by atoms with Crippen LogP contribution in [0.15, 0.2) is 27.3 Å². The number of rotatable bonds is 4. The van der Waals surface area contributed by atoms with Crippen molar-refractivity contribution in [3.63, 3.8) is 0 Å². The molecule has 0 bridgehead atoms. The molecular formula is C17H20N4O5. The third kappa shape index (κ3) is 3.42. The van der Waals surface area contributed by atoms with Crippen molar-refractivity contribution < 1.29 is 23.3 Å². The van der Waals surface area contributed by atoms with Gasteiger partial charge in [0.2, 0.25) is 17.6 Å². The van der Waals surface area contributed by atoms with E-state index in [-0.39, 0.29) is 12.0 Å². The van der Waals surface area contributed by atoms with E-state index in [2.05, 4.69) is 15.5 Å². The standard InChI is InChI=1S/C17H20N4O5/c22-14(5-4-13-19-15(20-26-13)12-3-1-10-24-12)21-8-2-6-17(7-9-21)11-18-16(23)25-17/h1,3,10H,2,4-9,11H2,(H,18,23). The summed E-state index contributed by atoms with van der Waals surface area (Å²) in [6.07, 6.45) is 4.08. The van der Waals surface area contributed by atoms with Crippen LogP contribution in [0.5, 0.6) is 0 Å². The van der Waals surface area contributed by atoms with Gasteiger partial charge in [-0.2, -0.15) is 4.98 Å². The Morgan fingerprint density at radius 3 is 3.04 bits per heavy atom. The van der Waals surface area contributed by atoms with E-state index in [1.807, 2.05) is 4.90 Å². The summed E-state index contributed by atoms with van der Waals surface area (Å²) in [5.74, 6) is 1.36. The van der Waals surface area contributed by atoms with Crippen LogP contribution in [0.4, 0.5) is 4.79 Å². The molecule has 1 spiro atoms. The molecule has 1 N–H and O–H groups in total. The van der Waals surface area contributed by atoms with E-state index in [0.717, 1.165) is 12.8 Å². The summed E-state index contributed by atoms with van der Waals surface area (Å²) in [6.45, 7) is 1.76. The maximum Gasteiger partial charge on any atom is 0.407 e. The van der Waals surface area contributed by atoms with Gasteiger partial charge < -0.3 is 23.9 Å². The zero-order chi connectivity index (χ0) is 18.0. The molecule has 0 radical (unpaired) electrons. The van der Waals surface area contributed by atoms with Gasteiger partial charge in [0.25, 0.3) is 0 Å². The third-order valence-corrected chi connectivity index (χ3v) is 4.88. The molecule has 2 aliphatic heterocycles. The van der Waals surface area contributed by atoms with Crippen molar-refractivity contribution in [2.24, 2.45) is 0 Å². The predicted molar refractivity (Wildman–Crippen MR) is 88.0 cm³/mol. The lowest BCUT2D eigenvalue weighted by Crippen LogP contribution is -2.36. The van der Waals surface area contributed by atoms with Crippen LogP contribution in [-0.4, -0.2) is 52.3 Å². The average molecular weight is 360 g/mol. The highest BCUT2D eigenvalue weighted by Gasteiger charge is 2.41. The predicted octanol–water partition coefficient (Wildman–Crippen LogP) is 1.75. The van der Waals surface area contributed by atoms with E-state index in [1.165, 1.54) is 6.26 Å². The van der Waals surface area contributed by atoms with Gasteiger partial charge in [0.05, 0.1) is 12.8 Å². The Morgan fingerprint density at radius 1 is 1.35 bits per heavy atom. The molecule has 2 aromatic rings. The topological polar surface area (TPSA) is 111 Å². The van der Waals surface area contributed by atoms with Gasteiger partial charge in [-0.25, -0.2) is 4.79 Å². The molecule has 9 heteroatoms. The second kappa shape index (κ2) is 6.81. The Balaban J connectivity index is 1.30. The van der Waals surface area contributed by atoms with Crippen LogP contribution < -0.4 is 5.32 Å². The van der Waals surface area contributed by atoms with E-state index in [1.54, 1.807) is 12.1 Å². The molecule has 2 amide bonds. The molecule has 26 heavy (non-hydrogen) atoms. The summed E-state index contributed by atoms with van der Waals surface area (Å²) in [5, 5.41) is 6.57. The first-order chi connectivity index (χ1) is 12.6. The quantitative estimate of drug-likeness (QED) is 0.884. The summed E-state index contributed by atoms with van der Waals surface area (Å²) < 4.78 is 15.8. The molecule has 138 valence electrons. The number of carbonyl (C=O) groups excluding carboxylic acids is 2. The normalized spacial score (nSPS) is 22.9. The summed E-state index contributed by atoms with van der Waals surface area (Å²) >= 11 is 0. The van der Waals surface area contributed by atoms with Crippen molar-refractivity contribution in [1.29, 1.82) is 0 Å². The molecule has 4 heterocycles. The number of aryl methyl sites for hydroxylation is 1. The first kappa shape index (κ1) is 16.6. The number of amides is 2. The van der Waals surface area contributed by atoms with Crippen molar-refractivity contribution in [2.75, 3.05) is 19.6 Å². The zero-order valence-corrected chi connectivity index (χ0v) is 14.3. The highest BCUT2D eigenvalue weighted by molar-refractivity contribution is 5.76. The van der Waals surface area contributed by atoms with Crippen molar-refractivity contribution in [3.8, 4) is 11.6 Å². The Labute approximate surface area is 149 Å². The smallest absolute Gasteiger partial charge is 0.407 e. The molecule has 1 atom stereocenters. The Bertz CT molecular complexity index is 787. The van der Waals surface area contributed by atoms with Crippen LogP contribution in [-0.2, 0) is 16.0 Å². The van der Waals surface area contributed by atoms with E-state index in [0.29, 0.717) is 56.4 Å². The number of hydrogen-bond donors (Lipinski definition) is 1. The third-order valence-electron chi connectivity index (χ3n) is 4.88. The Kier molecular flexibility index (Phi) is 4.36. The van der Waals surface area contributed by atoms with Crippen LogP contribution in [0.1, 0.15) is 31.6 Å². The van der Waals surface area contributed by atoms with Crippen LogP contribution in [0.25, 0.3) is 11.6 Å². The van der Waals surface area contributed by atoms with Crippen molar-refractivity contribution in [2.45, 2.75) is 37.7 Å². The van der Waals surface area contributed by atoms with Crippen molar-refractivity contribution in [3.05, 3.63) is 24.3 Å². The van der Waals surface area contributed by atoms with Crippen LogP contribution >= 0.6 is 0 Å². The minimum atomic E-state index is -0.462. The molecular weight excluding hydrogens is 340 g/mol. The fourth-order valence-corrected chi connectivity index (χ4v) is 3.43. The number of ether oxygens (including phenoxy) is 1. The maximum absolute atomic E-state index is 12.5. The molecule has 2 aromatic heterocycles. The van der Waals surface area contributed by atoms with Gasteiger partial charge in [0.15, 0.2) is 5.76 Å². The second-order valence-electron chi connectivity index (χ2n) is 6.65. The van der Waals surface area contributed by atoms with Crippen LogP contribution in [0.3, 0.4) is 0 Å². The molecule has 2 saturated heterocycles. The molecule has 1 unspecified atom stereocenters. The lowest BCUT2D eigenvalue weighted by molar-refractivity contribution is -0.131. The molecule has 2 fully saturated rings. The number of hydrogen-bond acceptors (Lipinski definition) is 7. The van der Waals surface area contributed by atoms with E-state index in [4.69, 9.17) is 13.7 Å². The minimum Gasteiger partial charge on any atom is -0.461 e. The lowest BCUT2D eigenvalue weighted by atomic mass is 9.95. The van der Waals surface area contributed by atoms with E-state index >= 15 is 0 Å². The second-order valence-corrected chi connectivity index (χ2v) is 6.65. The van der Waals surface area contributed by atoms with Crippen LogP contribution in [0.2, 0.25) is 0 Å². The molecule has 0 aromatic carbocycles. The molecule has 2 aliphatic rings. The summed E-state index contributed by atoms with van der Waals surface area (Å²) in [4.78, 5) is 29.9. The van der Waals surface area contributed by atoms with Gasteiger partial charge in [0, 0.05) is 32.4 Å². The first-order valence-electron chi connectivity index (χ1n) is 8.75. The van der Waals surface area contributed by atoms with Gasteiger partial charge in [-0.3, -0.25) is 4.79 Å². The number of furan rings is 1. The zero-order valence-electron chi connectivity index (χ0n) is 14.3. The highest BCUT2D eigenvalue weighted by atomic mass is 16.6. The van der Waals surface area contributed by atoms with Gasteiger partial charge in [-0.15, -0.1) is 0 Å². The van der Waals surface area contributed by atoms with Crippen LogP contribution in [0, 0.1) is 0 Å².